The number of aromatic nitrogens is 1. The van der Waals surface area contributed by atoms with Gasteiger partial charge < -0.3 is 4.90 Å². The number of pyridine rings is 1. The zero-order valence-electron chi connectivity index (χ0n) is 14.9. The molecule has 0 unspecified atom stereocenters. The Hall–Kier alpha value is -2.34. The van der Waals surface area contributed by atoms with Crippen LogP contribution in [-0.2, 0) is 11.2 Å². The van der Waals surface area contributed by atoms with E-state index < -0.39 is 6.17 Å². The van der Waals surface area contributed by atoms with Crippen LogP contribution in [0.3, 0.4) is 0 Å². The van der Waals surface area contributed by atoms with E-state index in [-0.39, 0.29) is 11.7 Å². The predicted octanol–water partition coefficient (Wildman–Crippen LogP) is 3.05. The standard InChI is InChI=1S/C20H21F2N3O/c1-12-13(2)17(22)4-3-16(12)14-7-19-18(23-9-14)8-20(26)25(19)6-5-24-10-15(21)11-24/h3-4,7,9,15H,5-6,8,10-11H2,1-2H3. The van der Waals surface area contributed by atoms with Gasteiger partial charge in [0.05, 0.1) is 17.8 Å². The third-order valence-corrected chi connectivity index (χ3v) is 5.44. The molecule has 4 rings (SSSR count). The molecule has 2 aliphatic rings. The number of hydrogen-bond acceptors (Lipinski definition) is 3. The fourth-order valence-corrected chi connectivity index (χ4v) is 3.65. The second-order valence-electron chi connectivity index (χ2n) is 7.11. The molecule has 0 aliphatic carbocycles. The maximum Gasteiger partial charge on any atom is 0.233 e. The van der Waals surface area contributed by atoms with Crippen LogP contribution in [0.25, 0.3) is 11.1 Å². The van der Waals surface area contributed by atoms with Gasteiger partial charge in [0.2, 0.25) is 5.91 Å². The van der Waals surface area contributed by atoms with Gasteiger partial charge in [-0.15, -0.1) is 0 Å². The fourth-order valence-electron chi connectivity index (χ4n) is 3.65. The van der Waals surface area contributed by atoms with Gasteiger partial charge in [-0.3, -0.25) is 14.7 Å². The van der Waals surface area contributed by atoms with E-state index in [2.05, 4.69) is 4.98 Å². The van der Waals surface area contributed by atoms with Crippen LogP contribution in [-0.4, -0.2) is 48.1 Å². The molecular weight excluding hydrogens is 336 g/mol. The van der Waals surface area contributed by atoms with Crippen LogP contribution in [0, 0.1) is 19.7 Å². The summed E-state index contributed by atoms with van der Waals surface area (Å²) >= 11 is 0. The molecule has 0 atom stereocenters. The van der Waals surface area contributed by atoms with Gasteiger partial charge in [0.1, 0.15) is 12.0 Å². The first-order chi connectivity index (χ1) is 12.4. The summed E-state index contributed by atoms with van der Waals surface area (Å²) in [5.74, 6) is -0.202. The zero-order valence-corrected chi connectivity index (χ0v) is 14.9. The van der Waals surface area contributed by atoms with Crippen LogP contribution in [0.4, 0.5) is 14.5 Å². The van der Waals surface area contributed by atoms with Crippen molar-refractivity contribution in [3.63, 3.8) is 0 Å². The highest BCUT2D eigenvalue weighted by molar-refractivity contribution is 6.01. The van der Waals surface area contributed by atoms with Crippen molar-refractivity contribution in [1.82, 2.24) is 9.88 Å². The van der Waals surface area contributed by atoms with Crippen molar-refractivity contribution in [2.45, 2.75) is 26.4 Å². The van der Waals surface area contributed by atoms with Gasteiger partial charge in [-0.05, 0) is 42.7 Å². The van der Waals surface area contributed by atoms with Crippen LogP contribution in [0.2, 0.25) is 0 Å². The highest BCUT2D eigenvalue weighted by Crippen LogP contribution is 2.34. The number of halogens is 2. The summed E-state index contributed by atoms with van der Waals surface area (Å²) in [7, 11) is 0. The molecule has 4 nitrogen and oxygen atoms in total. The molecule has 26 heavy (non-hydrogen) atoms. The SMILES string of the molecule is Cc1c(F)ccc(-c2cnc3c(c2)N(CCN2CC(F)C2)C(=O)C3)c1C. The lowest BCUT2D eigenvalue weighted by Crippen LogP contribution is -2.51. The van der Waals surface area contributed by atoms with E-state index >= 15 is 0 Å². The third kappa shape index (κ3) is 2.88. The summed E-state index contributed by atoms with van der Waals surface area (Å²) in [5.41, 5.74) is 4.86. The number of likely N-dealkylation sites (tertiary alicyclic amines) is 1. The summed E-state index contributed by atoms with van der Waals surface area (Å²) in [5, 5.41) is 0. The Labute approximate surface area is 151 Å². The van der Waals surface area contributed by atoms with Crippen molar-refractivity contribution in [2.24, 2.45) is 0 Å². The molecule has 0 radical (unpaired) electrons. The largest absolute Gasteiger partial charge is 0.309 e. The lowest BCUT2D eigenvalue weighted by Gasteiger charge is -2.35. The Kier molecular flexibility index (Phi) is 4.23. The normalized spacial score (nSPS) is 17.5. The van der Waals surface area contributed by atoms with Gasteiger partial charge in [0.25, 0.3) is 0 Å². The number of carbonyl (C=O) groups is 1. The summed E-state index contributed by atoms with van der Waals surface area (Å²) in [4.78, 5) is 20.6. The van der Waals surface area contributed by atoms with Crippen LogP contribution >= 0.6 is 0 Å². The van der Waals surface area contributed by atoms with Crippen LogP contribution in [0.1, 0.15) is 16.8 Å². The van der Waals surface area contributed by atoms with Crippen molar-refractivity contribution in [1.29, 1.82) is 0 Å². The zero-order chi connectivity index (χ0) is 18.4. The van der Waals surface area contributed by atoms with E-state index in [1.54, 1.807) is 24.1 Å². The molecule has 1 aromatic carbocycles. The number of benzene rings is 1. The van der Waals surface area contributed by atoms with Crippen molar-refractivity contribution < 1.29 is 13.6 Å². The minimum absolute atomic E-state index is 0.0222. The number of hydrogen-bond donors (Lipinski definition) is 0. The van der Waals surface area contributed by atoms with Gasteiger partial charge in [-0.2, -0.15) is 0 Å². The summed E-state index contributed by atoms with van der Waals surface area (Å²) in [6, 6.07) is 5.18. The first kappa shape index (κ1) is 17.1. The molecule has 1 amide bonds. The number of rotatable bonds is 4. The molecule has 0 bridgehead atoms. The average Bonchev–Trinajstić information content (AvgIpc) is 2.90. The fraction of sp³-hybridized carbons (Fsp3) is 0.400. The Bertz CT molecular complexity index is 878. The van der Waals surface area contributed by atoms with E-state index in [4.69, 9.17) is 0 Å². The van der Waals surface area contributed by atoms with Gasteiger partial charge >= 0.3 is 0 Å². The van der Waals surface area contributed by atoms with E-state index in [0.29, 0.717) is 38.2 Å². The van der Waals surface area contributed by atoms with Gasteiger partial charge in [0, 0.05) is 37.9 Å². The van der Waals surface area contributed by atoms with E-state index in [9.17, 15) is 13.6 Å². The van der Waals surface area contributed by atoms with Crippen LogP contribution < -0.4 is 4.90 Å². The number of nitrogens with zero attached hydrogens (tertiary/aromatic N) is 3. The van der Waals surface area contributed by atoms with Crippen LogP contribution in [0.15, 0.2) is 24.4 Å². The summed E-state index contributed by atoms with van der Waals surface area (Å²) in [6.07, 6.45) is 1.30. The molecule has 1 fully saturated rings. The summed E-state index contributed by atoms with van der Waals surface area (Å²) < 4.78 is 26.7. The topological polar surface area (TPSA) is 36.4 Å². The maximum absolute atomic E-state index is 13.8. The molecule has 6 heteroatoms. The molecule has 0 spiro atoms. The second kappa shape index (κ2) is 6.43. The smallest absolute Gasteiger partial charge is 0.233 e. The number of fused-ring (bicyclic) bond motifs is 1. The van der Waals surface area contributed by atoms with Crippen molar-refractivity contribution in [2.75, 3.05) is 31.1 Å². The van der Waals surface area contributed by atoms with Gasteiger partial charge in [0.15, 0.2) is 0 Å². The Morgan fingerprint density at radius 3 is 2.69 bits per heavy atom. The highest BCUT2D eigenvalue weighted by Gasteiger charge is 2.31. The maximum atomic E-state index is 13.8. The molecule has 0 N–H and O–H groups in total. The lowest BCUT2D eigenvalue weighted by atomic mass is 9.97. The number of alkyl halides is 1. The molecule has 0 saturated carbocycles. The van der Waals surface area contributed by atoms with Gasteiger partial charge in [-0.1, -0.05) is 6.07 Å². The van der Waals surface area contributed by atoms with Crippen molar-refractivity contribution >= 4 is 11.6 Å². The van der Waals surface area contributed by atoms with E-state index in [1.807, 2.05) is 17.9 Å². The minimum atomic E-state index is -0.741. The van der Waals surface area contributed by atoms with E-state index in [1.165, 1.54) is 6.07 Å². The van der Waals surface area contributed by atoms with Crippen LogP contribution in [0.5, 0.6) is 0 Å². The Morgan fingerprint density at radius 2 is 1.96 bits per heavy atom. The van der Waals surface area contributed by atoms with Crippen molar-refractivity contribution in [3.8, 4) is 11.1 Å². The van der Waals surface area contributed by atoms with Gasteiger partial charge in [-0.25, -0.2) is 8.78 Å². The number of carbonyl (C=O) groups excluding carboxylic acids is 1. The quantitative estimate of drug-likeness (QED) is 0.844. The number of amides is 1. The molecule has 2 aliphatic heterocycles. The second-order valence-corrected chi connectivity index (χ2v) is 7.11. The Morgan fingerprint density at radius 1 is 1.19 bits per heavy atom. The lowest BCUT2D eigenvalue weighted by molar-refractivity contribution is -0.117. The molecular formula is C20H21F2N3O. The summed E-state index contributed by atoms with van der Waals surface area (Å²) in [6.45, 7) is 5.73. The predicted molar refractivity (Wildman–Crippen MR) is 96.5 cm³/mol. The number of anilines is 1. The average molecular weight is 357 g/mol. The molecule has 2 aromatic rings. The monoisotopic (exact) mass is 357 g/mol. The first-order valence-corrected chi connectivity index (χ1v) is 8.86. The third-order valence-electron chi connectivity index (χ3n) is 5.44. The molecule has 3 heterocycles. The highest BCUT2D eigenvalue weighted by atomic mass is 19.1. The first-order valence-electron chi connectivity index (χ1n) is 8.86. The van der Waals surface area contributed by atoms with Crippen molar-refractivity contribution in [3.05, 3.63) is 47.0 Å². The van der Waals surface area contributed by atoms with E-state index in [0.717, 1.165) is 28.1 Å². The molecule has 136 valence electrons. The Balaban J connectivity index is 1.61. The molecule has 1 saturated heterocycles. The minimum Gasteiger partial charge on any atom is -0.309 e. The molecule has 1 aromatic heterocycles.